The lowest BCUT2D eigenvalue weighted by Crippen LogP contribution is -2.57. The first-order valence-corrected chi connectivity index (χ1v) is 10.9. The standard InChI is InChI=1S/C24H30O5/c1-13-9-18-17-6-5-15-10-16(26)7-8-23(15,4)24(17)20(29-24)11-22(18,3)21(13)19(27)12-28-14(2)25/h7-8,10,13,17-18,20-21H,5-6,9,11-12H2,1-4H3/t13?,17-,18-,20?,21+,22-,23-,24-/m0/s1. The minimum Gasteiger partial charge on any atom is -0.458 e. The van der Waals surface area contributed by atoms with Crippen LogP contribution in [0.2, 0.25) is 0 Å². The average Bonchev–Trinajstić information content (AvgIpc) is 3.29. The molecule has 4 fully saturated rings. The van der Waals surface area contributed by atoms with E-state index >= 15 is 0 Å². The van der Waals surface area contributed by atoms with Crippen LogP contribution in [-0.2, 0) is 23.9 Å². The number of Topliss-reactive ketones (excluding diaryl/α,β-unsaturated/α-hetero) is 1. The van der Waals surface area contributed by atoms with E-state index in [4.69, 9.17) is 9.47 Å². The van der Waals surface area contributed by atoms with Gasteiger partial charge in [0.25, 0.3) is 0 Å². The van der Waals surface area contributed by atoms with Gasteiger partial charge in [0, 0.05) is 18.3 Å². The summed E-state index contributed by atoms with van der Waals surface area (Å²) in [5.74, 6) is 0.703. The van der Waals surface area contributed by atoms with E-state index in [0.717, 1.165) is 25.7 Å². The van der Waals surface area contributed by atoms with Crippen molar-refractivity contribution in [1.29, 1.82) is 0 Å². The summed E-state index contributed by atoms with van der Waals surface area (Å²) in [7, 11) is 0. The first-order valence-electron chi connectivity index (χ1n) is 10.9. The van der Waals surface area contributed by atoms with Gasteiger partial charge in [-0.05, 0) is 67.9 Å². The van der Waals surface area contributed by atoms with E-state index in [1.165, 1.54) is 12.5 Å². The van der Waals surface area contributed by atoms with E-state index in [2.05, 4.69) is 26.8 Å². The second kappa shape index (κ2) is 5.90. The van der Waals surface area contributed by atoms with Gasteiger partial charge in [0.1, 0.15) is 12.2 Å². The first-order chi connectivity index (χ1) is 13.6. The first kappa shape index (κ1) is 19.2. The third kappa shape index (κ3) is 2.34. The number of carbonyl (C=O) groups is 3. The van der Waals surface area contributed by atoms with Gasteiger partial charge in [0.15, 0.2) is 11.6 Å². The van der Waals surface area contributed by atoms with E-state index < -0.39 is 5.97 Å². The molecule has 0 aromatic carbocycles. The Morgan fingerprint density at radius 3 is 2.76 bits per heavy atom. The Kier molecular flexibility index (Phi) is 3.91. The van der Waals surface area contributed by atoms with E-state index in [-0.39, 0.29) is 52.5 Å². The molecule has 0 aromatic heterocycles. The summed E-state index contributed by atoms with van der Waals surface area (Å²) in [6.45, 7) is 7.89. The van der Waals surface area contributed by atoms with Gasteiger partial charge in [0.2, 0.25) is 0 Å². The summed E-state index contributed by atoms with van der Waals surface area (Å²) in [6.07, 6.45) is 9.53. The van der Waals surface area contributed by atoms with Gasteiger partial charge < -0.3 is 9.47 Å². The fourth-order valence-electron chi connectivity index (χ4n) is 7.96. The van der Waals surface area contributed by atoms with Crippen LogP contribution in [0.3, 0.4) is 0 Å². The SMILES string of the molecule is CC(=O)OCC(=O)[C@H]1C(C)C[C@H]2[C@@H]3CCC4=CC(=O)C=C[C@]4(C)[C@]34OC4C[C@]12C. The number of hydrogen-bond donors (Lipinski definition) is 0. The molecule has 5 rings (SSSR count). The molecule has 5 aliphatic rings. The summed E-state index contributed by atoms with van der Waals surface area (Å²) in [6, 6.07) is 0. The summed E-state index contributed by atoms with van der Waals surface area (Å²) < 4.78 is 11.6. The lowest BCUT2D eigenvalue weighted by Gasteiger charge is -2.54. The van der Waals surface area contributed by atoms with Crippen LogP contribution >= 0.6 is 0 Å². The van der Waals surface area contributed by atoms with Gasteiger partial charge in [-0.1, -0.05) is 25.5 Å². The molecule has 5 heteroatoms. The van der Waals surface area contributed by atoms with Gasteiger partial charge in [-0.25, -0.2) is 0 Å². The highest BCUT2D eigenvalue weighted by Gasteiger charge is 2.79. The van der Waals surface area contributed by atoms with Crippen molar-refractivity contribution >= 4 is 17.5 Å². The topological polar surface area (TPSA) is 73.0 Å². The van der Waals surface area contributed by atoms with Crippen LogP contribution in [0.5, 0.6) is 0 Å². The molecule has 5 nitrogen and oxygen atoms in total. The lowest BCUT2D eigenvalue weighted by atomic mass is 9.47. The Bertz CT molecular complexity index is 870. The van der Waals surface area contributed by atoms with Crippen molar-refractivity contribution in [2.75, 3.05) is 6.61 Å². The molecule has 3 saturated carbocycles. The normalized spacial score (nSPS) is 49.3. The Morgan fingerprint density at radius 1 is 1.28 bits per heavy atom. The minimum absolute atomic E-state index is 0.0524. The number of ether oxygens (including phenoxy) is 2. The molecule has 1 heterocycles. The molecule has 29 heavy (non-hydrogen) atoms. The van der Waals surface area contributed by atoms with Crippen LogP contribution in [-0.4, -0.2) is 35.8 Å². The molecule has 156 valence electrons. The number of ketones is 2. The summed E-state index contributed by atoms with van der Waals surface area (Å²) in [5.41, 5.74) is 0.628. The second-order valence-electron chi connectivity index (χ2n) is 10.4. The van der Waals surface area contributed by atoms with Crippen molar-refractivity contribution in [3.63, 3.8) is 0 Å². The zero-order valence-electron chi connectivity index (χ0n) is 17.7. The quantitative estimate of drug-likeness (QED) is 0.538. The molecule has 0 bridgehead atoms. The highest BCUT2D eigenvalue weighted by atomic mass is 16.6. The van der Waals surface area contributed by atoms with Crippen molar-refractivity contribution in [3.05, 3.63) is 23.8 Å². The van der Waals surface area contributed by atoms with Gasteiger partial charge in [-0.15, -0.1) is 0 Å². The highest BCUT2D eigenvalue weighted by molar-refractivity contribution is 6.01. The lowest BCUT2D eigenvalue weighted by molar-refractivity contribution is -0.149. The highest BCUT2D eigenvalue weighted by Crippen LogP contribution is 2.75. The van der Waals surface area contributed by atoms with Crippen LogP contribution in [0, 0.1) is 34.5 Å². The maximum atomic E-state index is 13.1. The summed E-state index contributed by atoms with van der Waals surface area (Å²) in [4.78, 5) is 36.2. The smallest absolute Gasteiger partial charge is 0.303 e. The van der Waals surface area contributed by atoms with Crippen molar-refractivity contribution in [2.45, 2.75) is 65.1 Å². The monoisotopic (exact) mass is 398 g/mol. The van der Waals surface area contributed by atoms with Crippen LogP contribution < -0.4 is 0 Å². The van der Waals surface area contributed by atoms with Crippen LogP contribution in [0.4, 0.5) is 0 Å². The molecule has 4 aliphatic carbocycles. The zero-order chi connectivity index (χ0) is 20.8. The third-order valence-corrected chi connectivity index (χ3v) is 9.04. The van der Waals surface area contributed by atoms with E-state index in [1.807, 2.05) is 6.08 Å². The molecular formula is C24H30O5. The van der Waals surface area contributed by atoms with Gasteiger partial charge in [-0.2, -0.15) is 0 Å². The predicted molar refractivity (Wildman–Crippen MR) is 106 cm³/mol. The maximum Gasteiger partial charge on any atom is 0.303 e. The largest absolute Gasteiger partial charge is 0.458 e. The summed E-state index contributed by atoms with van der Waals surface area (Å²) >= 11 is 0. The van der Waals surface area contributed by atoms with Crippen LogP contribution in [0.1, 0.15) is 53.4 Å². The van der Waals surface area contributed by atoms with E-state index in [9.17, 15) is 14.4 Å². The number of esters is 1. The Morgan fingerprint density at radius 2 is 2.03 bits per heavy atom. The van der Waals surface area contributed by atoms with Crippen molar-refractivity contribution in [2.24, 2.45) is 34.5 Å². The Labute approximate surface area is 171 Å². The van der Waals surface area contributed by atoms with Crippen molar-refractivity contribution in [3.8, 4) is 0 Å². The molecule has 8 atom stereocenters. The van der Waals surface area contributed by atoms with Crippen molar-refractivity contribution < 1.29 is 23.9 Å². The van der Waals surface area contributed by atoms with Crippen LogP contribution in [0.15, 0.2) is 23.8 Å². The second-order valence-corrected chi connectivity index (χ2v) is 10.4. The fraction of sp³-hybridized carbons (Fsp3) is 0.708. The van der Waals surface area contributed by atoms with Crippen molar-refractivity contribution in [1.82, 2.24) is 0 Å². The number of carbonyl (C=O) groups excluding carboxylic acids is 3. The molecule has 0 radical (unpaired) electrons. The maximum absolute atomic E-state index is 13.1. The molecule has 2 unspecified atom stereocenters. The van der Waals surface area contributed by atoms with E-state index in [0.29, 0.717) is 11.8 Å². The number of hydrogen-bond acceptors (Lipinski definition) is 5. The van der Waals surface area contributed by atoms with Gasteiger partial charge in [0.05, 0.1) is 6.10 Å². The number of allylic oxidation sites excluding steroid dienone is 2. The number of fused-ring (bicyclic) bond motifs is 3. The number of rotatable bonds is 3. The fourth-order valence-corrected chi connectivity index (χ4v) is 7.96. The zero-order valence-corrected chi connectivity index (χ0v) is 17.7. The van der Waals surface area contributed by atoms with E-state index in [1.54, 1.807) is 6.08 Å². The number of epoxide rings is 1. The minimum atomic E-state index is -0.406. The predicted octanol–water partition coefficient (Wildman–Crippen LogP) is 3.42. The Hall–Kier alpha value is -1.75. The molecule has 1 aliphatic heterocycles. The molecular weight excluding hydrogens is 368 g/mol. The third-order valence-electron chi connectivity index (χ3n) is 9.04. The van der Waals surface area contributed by atoms with Gasteiger partial charge in [-0.3, -0.25) is 14.4 Å². The molecule has 0 N–H and O–H groups in total. The molecule has 0 aromatic rings. The van der Waals surface area contributed by atoms with Gasteiger partial charge >= 0.3 is 5.97 Å². The molecule has 0 amide bonds. The van der Waals surface area contributed by atoms with Crippen LogP contribution in [0.25, 0.3) is 0 Å². The Balaban J connectivity index is 1.48. The molecule has 1 saturated heterocycles. The molecule has 1 spiro atoms. The average molecular weight is 398 g/mol. The summed E-state index contributed by atoms with van der Waals surface area (Å²) in [5, 5.41) is 0.